The van der Waals surface area contributed by atoms with E-state index in [2.05, 4.69) is 0 Å². The normalized spacial score (nSPS) is 13.8. The first-order chi connectivity index (χ1) is 12.6. The van der Waals surface area contributed by atoms with E-state index in [9.17, 15) is 4.79 Å². The largest absolute Gasteiger partial charge is 0.497 e. The number of aryl methyl sites for hydroxylation is 1. The molecule has 3 aromatic rings. The zero-order valence-corrected chi connectivity index (χ0v) is 15.7. The SMILES string of the molecule is COc1ccc(CN(C(=O)c2c(Cl)c3ccccc3n2C)C2CC2)cc1. The zero-order chi connectivity index (χ0) is 18.3. The molecule has 1 aliphatic carbocycles. The molecule has 0 radical (unpaired) electrons. The van der Waals surface area contributed by atoms with Crippen molar-refractivity contribution in [3.8, 4) is 5.75 Å². The van der Waals surface area contributed by atoms with Gasteiger partial charge in [-0.05, 0) is 36.6 Å². The van der Waals surface area contributed by atoms with Crippen LogP contribution < -0.4 is 4.74 Å². The average molecular weight is 369 g/mol. The first kappa shape index (κ1) is 17.0. The van der Waals surface area contributed by atoms with Crippen LogP contribution in [0.1, 0.15) is 28.9 Å². The van der Waals surface area contributed by atoms with E-state index in [4.69, 9.17) is 16.3 Å². The fraction of sp³-hybridized carbons (Fsp3) is 0.286. The van der Waals surface area contributed by atoms with Gasteiger partial charge in [-0.3, -0.25) is 4.79 Å². The molecule has 4 rings (SSSR count). The first-order valence-corrected chi connectivity index (χ1v) is 9.14. The number of ether oxygens (including phenoxy) is 1. The zero-order valence-electron chi connectivity index (χ0n) is 14.9. The fourth-order valence-electron chi connectivity index (χ4n) is 3.40. The third-order valence-electron chi connectivity index (χ3n) is 5.01. The van der Waals surface area contributed by atoms with E-state index in [1.807, 2.05) is 65.0 Å². The van der Waals surface area contributed by atoms with Crippen molar-refractivity contribution >= 4 is 28.4 Å². The Balaban J connectivity index is 1.68. The quantitative estimate of drug-likeness (QED) is 0.657. The molecule has 0 bridgehead atoms. The van der Waals surface area contributed by atoms with E-state index in [-0.39, 0.29) is 5.91 Å². The minimum absolute atomic E-state index is 0.00739. The van der Waals surface area contributed by atoms with Crippen LogP contribution in [-0.4, -0.2) is 28.5 Å². The van der Waals surface area contributed by atoms with Gasteiger partial charge in [0.2, 0.25) is 0 Å². The molecule has 1 aliphatic rings. The van der Waals surface area contributed by atoms with Gasteiger partial charge in [-0.1, -0.05) is 41.9 Å². The Kier molecular flexibility index (Phi) is 4.37. The van der Waals surface area contributed by atoms with Gasteiger partial charge < -0.3 is 14.2 Å². The van der Waals surface area contributed by atoms with Crippen molar-refractivity contribution < 1.29 is 9.53 Å². The highest BCUT2D eigenvalue weighted by Crippen LogP contribution is 2.35. The maximum Gasteiger partial charge on any atom is 0.272 e. The Labute approximate surface area is 157 Å². The van der Waals surface area contributed by atoms with Crippen molar-refractivity contribution in [2.24, 2.45) is 7.05 Å². The Morgan fingerprint density at radius 2 is 1.88 bits per heavy atom. The fourth-order valence-corrected chi connectivity index (χ4v) is 3.77. The molecule has 0 spiro atoms. The average Bonchev–Trinajstić information content (AvgIpc) is 3.47. The van der Waals surface area contributed by atoms with Crippen molar-refractivity contribution in [1.29, 1.82) is 0 Å². The van der Waals surface area contributed by atoms with Crippen LogP contribution in [0.15, 0.2) is 48.5 Å². The highest BCUT2D eigenvalue weighted by atomic mass is 35.5. The maximum atomic E-state index is 13.4. The van der Waals surface area contributed by atoms with Gasteiger partial charge in [-0.2, -0.15) is 0 Å². The summed E-state index contributed by atoms with van der Waals surface area (Å²) >= 11 is 6.58. The lowest BCUT2D eigenvalue weighted by molar-refractivity contribution is 0.0721. The minimum atomic E-state index is -0.00739. The predicted molar refractivity (Wildman–Crippen MR) is 104 cm³/mol. The smallest absolute Gasteiger partial charge is 0.272 e. The lowest BCUT2D eigenvalue weighted by Gasteiger charge is -2.23. The Bertz CT molecular complexity index is 919. The van der Waals surface area contributed by atoms with Gasteiger partial charge in [0.1, 0.15) is 11.4 Å². The number of nitrogens with zero attached hydrogens (tertiary/aromatic N) is 2. The van der Waals surface area contributed by atoms with Gasteiger partial charge >= 0.3 is 0 Å². The highest BCUT2D eigenvalue weighted by Gasteiger charge is 2.35. The summed E-state index contributed by atoms with van der Waals surface area (Å²) in [5.41, 5.74) is 2.62. The molecule has 5 heteroatoms. The van der Waals surface area contributed by atoms with E-state index in [1.54, 1.807) is 7.11 Å². The van der Waals surface area contributed by atoms with Crippen molar-refractivity contribution in [3.63, 3.8) is 0 Å². The Hall–Kier alpha value is -2.46. The van der Waals surface area contributed by atoms with Crippen LogP contribution in [-0.2, 0) is 13.6 Å². The predicted octanol–water partition coefficient (Wildman–Crippen LogP) is 4.65. The topological polar surface area (TPSA) is 34.5 Å². The molecule has 1 heterocycles. The summed E-state index contributed by atoms with van der Waals surface area (Å²) in [5.74, 6) is 0.807. The molecule has 0 aliphatic heterocycles. The van der Waals surface area contributed by atoms with E-state index in [1.165, 1.54) is 0 Å². The summed E-state index contributed by atoms with van der Waals surface area (Å²) in [4.78, 5) is 15.3. The summed E-state index contributed by atoms with van der Waals surface area (Å²) in [6, 6.07) is 16.0. The molecule has 0 atom stereocenters. The van der Waals surface area contributed by atoms with Gasteiger partial charge in [-0.15, -0.1) is 0 Å². The number of hydrogen-bond acceptors (Lipinski definition) is 2. The minimum Gasteiger partial charge on any atom is -0.497 e. The second kappa shape index (κ2) is 6.69. The number of amides is 1. The first-order valence-electron chi connectivity index (χ1n) is 8.77. The van der Waals surface area contributed by atoms with Gasteiger partial charge in [0, 0.05) is 30.5 Å². The number of hydrogen-bond donors (Lipinski definition) is 0. The standard InChI is InChI=1S/C21H21ClN2O2/c1-23-18-6-4-3-5-17(18)19(22)20(23)21(25)24(15-9-10-15)13-14-7-11-16(26-2)12-8-14/h3-8,11-12,15H,9-10,13H2,1-2H3. The maximum absolute atomic E-state index is 13.4. The van der Waals surface area contributed by atoms with Crippen LogP contribution in [0.25, 0.3) is 10.9 Å². The monoisotopic (exact) mass is 368 g/mol. The number of halogens is 1. The molecular formula is C21H21ClN2O2. The van der Waals surface area contributed by atoms with E-state index in [0.717, 1.165) is 35.1 Å². The molecule has 2 aromatic carbocycles. The summed E-state index contributed by atoms with van der Waals surface area (Å²) in [6.45, 7) is 0.575. The van der Waals surface area contributed by atoms with E-state index >= 15 is 0 Å². The molecule has 134 valence electrons. The Morgan fingerprint density at radius 3 is 2.50 bits per heavy atom. The number of aromatic nitrogens is 1. The molecular weight excluding hydrogens is 348 g/mol. The van der Waals surface area contributed by atoms with Crippen LogP contribution in [0.3, 0.4) is 0 Å². The molecule has 0 unspecified atom stereocenters. The third kappa shape index (κ3) is 2.95. The van der Waals surface area contributed by atoms with Crippen molar-refractivity contribution in [1.82, 2.24) is 9.47 Å². The lowest BCUT2D eigenvalue weighted by Crippen LogP contribution is -2.34. The van der Waals surface area contributed by atoms with Gasteiger partial charge in [0.15, 0.2) is 0 Å². The van der Waals surface area contributed by atoms with Crippen LogP contribution in [0.2, 0.25) is 5.02 Å². The lowest BCUT2D eigenvalue weighted by atomic mass is 10.2. The molecule has 0 saturated heterocycles. The van der Waals surface area contributed by atoms with Crippen molar-refractivity contribution in [3.05, 3.63) is 64.8 Å². The second-order valence-corrected chi connectivity index (χ2v) is 7.13. The van der Waals surface area contributed by atoms with Gasteiger partial charge in [0.25, 0.3) is 5.91 Å². The highest BCUT2D eigenvalue weighted by molar-refractivity contribution is 6.38. The van der Waals surface area contributed by atoms with Crippen LogP contribution in [0.5, 0.6) is 5.75 Å². The van der Waals surface area contributed by atoms with Crippen LogP contribution >= 0.6 is 11.6 Å². The number of carbonyl (C=O) groups excluding carboxylic acids is 1. The third-order valence-corrected chi connectivity index (χ3v) is 5.39. The second-order valence-electron chi connectivity index (χ2n) is 6.75. The van der Waals surface area contributed by atoms with E-state index < -0.39 is 0 Å². The molecule has 1 fully saturated rings. The summed E-state index contributed by atoms with van der Waals surface area (Å²) in [5, 5.41) is 1.45. The number of benzene rings is 2. The molecule has 0 N–H and O–H groups in total. The molecule has 1 aromatic heterocycles. The van der Waals surface area contributed by atoms with E-state index in [0.29, 0.717) is 23.3 Å². The number of para-hydroxylation sites is 1. The van der Waals surface area contributed by atoms with Gasteiger partial charge in [-0.25, -0.2) is 0 Å². The number of methoxy groups -OCH3 is 1. The van der Waals surface area contributed by atoms with Crippen LogP contribution in [0.4, 0.5) is 0 Å². The molecule has 1 saturated carbocycles. The van der Waals surface area contributed by atoms with Crippen molar-refractivity contribution in [2.75, 3.05) is 7.11 Å². The molecule has 4 nitrogen and oxygen atoms in total. The van der Waals surface area contributed by atoms with Crippen LogP contribution in [0, 0.1) is 0 Å². The number of rotatable bonds is 5. The Morgan fingerprint density at radius 1 is 1.19 bits per heavy atom. The number of carbonyl (C=O) groups is 1. The number of fused-ring (bicyclic) bond motifs is 1. The van der Waals surface area contributed by atoms with Gasteiger partial charge in [0.05, 0.1) is 12.1 Å². The molecule has 26 heavy (non-hydrogen) atoms. The summed E-state index contributed by atoms with van der Waals surface area (Å²) < 4.78 is 7.12. The molecule has 1 amide bonds. The van der Waals surface area contributed by atoms with Crippen molar-refractivity contribution in [2.45, 2.75) is 25.4 Å². The summed E-state index contributed by atoms with van der Waals surface area (Å²) in [6.07, 6.45) is 2.09. The summed E-state index contributed by atoms with van der Waals surface area (Å²) in [7, 11) is 3.55.